The molecule has 0 spiro atoms. The van der Waals surface area contributed by atoms with Crippen molar-refractivity contribution in [2.45, 2.75) is 18.7 Å². The molecule has 0 aliphatic heterocycles. The minimum Gasteiger partial charge on any atom is -0.321 e. The number of thiophene rings is 1. The largest absolute Gasteiger partial charge is 0.321 e. The molecule has 0 bridgehead atoms. The molecule has 8 heteroatoms. The lowest BCUT2D eigenvalue weighted by atomic mass is 10.1. The molecule has 5 nitrogen and oxygen atoms in total. The van der Waals surface area contributed by atoms with Gasteiger partial charge in [0, 0.05) is 17.8 Å². The molecule has 0 unspecified atom stereocenters. The van der Waals surface area contributed by atoms with Crippen molar-refractivity contribution in [1.29, 1.82) is 0 Å². The maximum Gasteiger partial charge on any atom is 0.267 e. The molecule has 0 aliphatic carbocycles. The molecule has 28 heavy (non-hydrogen) atoms. The number of hydrogen-bond acceptors (Lipinski definition) is 4. The molecule has 0 atom stereocenters. The molecule has 0 saturated heterocycles. The number of halogens is 1. The normalized spacial score (nSPS) is 11.3. The van der Waals surface area contributed by atoms with E-state index in [4.69, 9.17) is 11.6 Å². The number of aryl methyl sites for hydroxylation is 2. The number of hydrogen-bond donors (Lipinski definition) is 1. The topological polar surface area (TPSA) is 66.5 Å². The fourth-order valence-corrected chi connectivity index (χ4v) is 4.83. The molecule has 3 aromatic rings. The van der Waals surface area contributed by atoms with Crippen LogP contribution in [0.1, 0.15) is 20.8 Å². The molecular formula is C20H19ClN2O3S2. The Morgan fingerprint density at radius 3 is 2.36 bits per heavy atom. The molecule has 2 aromatic carbocycles. The number of sulfonamides is 1. The Morgan fingerprint density at radius 1 is 1.04 bits per heavy atom. The van der Waals surface area contributed by atoms with Gasteiger partial charge < -0.3 is 5.32 Å². The summed E-state index contributed by atoms with van der Waals surface area (Å²) >= 11 is 7.03. The number of rotatable bonds is 5. The minimum atomic E-state index is -3.82. The van der Waals surface area contributed by atoms with E-state index in [0.717, 1.165) is 15.4 Å². The van der Waals surface area contributed by atoms with Crippen molar-refractivity contribution >= 4 is 50.2 Å². The summed E-state index contributed by atoms with van der Waals surface area (Å²) in [6, 6.07) is 13.2. The lowest BCUT2D eigenvalue weighted by Crippen LogP contribution is -2.28. The Labute approximate surface area is 173 Å². The van der Waals surface area contributed by atoms with Gasteiger partial charge in [-0.15, -0.1) is 11.3 Å². The van der Waals surface area contributed by atoms with Crippen molar-refractivity contribution in [3.8, 4) is 0 Å². The number of nitrogens with one attached hydrogen (secondary N) is 1. The van der Waals surface area contributed by atoms with Crippen LogP contribution in [0.25, 0.3) is 0 Å². The number of amides is 1. The average molecular weight is 435 g/mol. The zero-order chi connectivity index (χ0) is 20.5. The van der Waals surface area contributed by atoms with Gasteiger partial charge >= 0.3 is 0 Å². The summed E-state index contributed by atoms with van der Waals surface area (Å²) in [5.41, 5.74) is 3.17. The molecular weight excluding hydrogens is 416 g/mol. The zero-order valence-electron chi connectivity index (χ0n) is 15.6. The first-order chi connectivity index (χ1) is 13.2. The standard InChI is InChI=1S/C20H19ClN2O3S2/c1-13-4-7-16(12-14(13)2)22-20(24)19-18(10-11-27-19)23(3)28(25,26)17-8-5-15(21)6-9-17/h4-12H,1-3H3,(H,22,24). The first kappa shape index (κ1) is 20.4. The Bertz CT molecular complexity index is 1120. The van der Waals surface area contributed by atoms with Gasteiger partial charge in [-0.1, -0.05) is 17.7 Å². The van der Waals surface area contributed by atoms with Crippen LogP contribution in [-0.2, 0) is 10.0 Å². The van der Waals surface area contributed by atoms with Crippen LogP contribution >= 0.6 is 22.9 Å². The van der Waals surface area contributed by atoms with E-state index in [1.807, 2.05) is 32.0 Å². The van der Waals surface area contributed by atoms with E-state index in [0.29, 0.717) is 21.3 Å². The monoisotopic (exact) mass is 434 g/mol. The summed E-state index contributed by atoms with van der Waals surface area (Å²) in [7, 11) is -2.39. The second-order valence-electron chi connectivity index (χ2n) is 6.31. The van der Waals surface area contributed by atoms with Crippen LogP contribution in [0.15, 0.2) is 58.8 Å². The molecule has 0 saturated carbocycles. The van der Waals surface area contributed by atoms with Crippen LogP contribution < -0.4 is 9.62 Å². The predicted octanol–water partition coefficient (Wildman–Crippen LogP) is 5.10. The minimum absolute atomic E-state index is 0.103. The number of benzene rings is 2. The molecule has 0 radical (unpaired) electrons. The van der Waals surface area contributed by atoms with Crippen molar-refractivity contribution < 1.29 is 13.2 Å². The maximum atomic E-state index is 12.9. The van der Waals surface area contributed by atoms with Gasteiger partial charge in [0.1, 0.15) is 4.88 Å². The summed E-state index contributed by atoms with van der Waals surface area (Å²) in [6.45, 7) is 3.96. The van der Waals surface area contributed by atoms with E-state index in [-0.39, 0.29) is 10.8 Å². The Hall–Kier alpha value is -2.35. The first-order valence-electron chi connectivity index (χ1n) is 8.41. The SMILES string of the molecule is Cc1ccc(NC(=O)c2sccc2N(C)S(=O)(=O)c2ccc(Cl)cc2)cc1C. The molecule has 3 rings (SSSR count). The van der Waals surface area contributed by atoms with E-state index in [1.165, 1.54) is 42.6 Å². The molecule has 0 aliphatic rings. The lowest BCUT2D eigenvalue weighted by Gasteiger charge is -2.20. The van der Waals surface area contributed by atoms with Crippen LogP contribution in [0, 0.1) is 13.8 Å². The van der Waals surface area contributed by atoms with Crippen molar-refractivity contribution in [2.75, 3.05) is 16.7 Å². The fourth-order valence-electron chi connectivity index (χ4n) is 2.62. The second kappa shape index (κ2) is 7.95. The third kappa shape index (κ3) is 4.06. The van der Waals surface area contributed by atoms with Gasteiger partial charge in [-0.2, -0.15) is 0 Å². The maximum absolute atomic E-state index is 12.9. The van der Waals surface area contributed by atoms with Crippen LogP contribution in [0.3, 0.4) is 0 Å². The van der Waals surface area contributed by atoms with Crippen molar-refractivity contribution in [1.82, 2.24) is 0 Å². The van der Waals surface area contributed by atoms with Crippen molar-refractivity contribution in [3.63, 3.8) is 0 Å². The van der Waals surface area contributed by atoms with Crippen LogP contribution in [0.5, 0.6) is 0 Å². The highest BCUT2D eigenvalue weighted by Gasteiger charge is 2.26. The van der Waals surface area contributed by atoms with Gasteiger partial charge in [0.2, 0.25) is 0 Å². The molecule has 1 amide bonds. The molecule has 1 heterocycles. The van der Waals surface area contributed by atoms with Gasteiger partial charge in [-0.3, -0.25) is 9.10 Å². The summed E-state index contributed by atoms with van der Waals surface area (Å²) < 4.78 is 26.9. The van der Waals surface area contributed by atoms with Crippen LogP contribution in [0.4, 0.5) is 11.4 Å². The summed E-state index contributed by atoms with van der Waals surface area (Å²) in [5.74, 6) is -0.355. The van der Waals surface area contributed by atoms with Crippen molar-refractivity contribution in [3.05, 3.63) is 74.9 Å². The van der Waals surface area contributed by atoms with E-state index in [1.54, 1.807) is 11.4 Å². The second-order valence-corrected chi connectivity index (χ2v) is 9.64. The highest BCUT2D eigenvalue weighted by atomic mass is 35.5. The van der Waals surface area contributed by atoms with Crippen LogP contribution in [0.2, 0.25) is 5.02 Å². The van der Waals surface area contributed by atoms with E-state index < -0.39 is 10.0 Å². The zero-order valence-corrected chi connectivity index (χ0v) is 18.0. The average Bonchev–Trinajstić information content (AvgIpc) is 3.14. The van der Waals surface area contributed by atoms with Gasteiger partial charge in [-0.05, 0) is 72.8 Å². The highest BCUT2D eigenvalue weighted by Crippen LogP contribution is 2.31. The van der Waals surface area contributed by atoms with Gasteiger partial charge in [0.05, 0.1) is 10.6 Å². The number of carbonyl (C=O) groups is 1. The van der Waals surface area contributed by atoms with Crippen molar-refractivity contribution in [2.24, 2.45) is 0 Å². The Kier molecular flexibility index (Phi) is 5.79. The van der Waals surface area contributed by atoms with E-state index in [2.05, 4.69) is 5.32 Å². The lowest BCUT2D eigenvalue weighted by molar-refractivity contribution is 0.103. The quantitative estimate of drug-likeness (QED) is 0.607. The number of nitrogens with zero attached hydrogens (tertiary/aromatic N) is 1. The van der Waals surface area contributed by atoms with E-state index in [9.17, 15) is 13.2 Å². The molecule has 1 aromatic heterocycles. The fraction of sp³-hybridized carbons (Fsp3) is 0.150. The highest BCUT2D eigenvalue weighted by molar-refractivity contribution is 7.92. The van der Waals surface area contributed by atoms with Crippen LogP contribution in [-0.4, -0.2) is 21.4 Å². The number of anilines is 2. The third-order valence-corrected chi connectivity index (χ3v) is 7.37. The summed E-state index contributed by atoms with van der Waals surface area (Å²) in [4.78, 5) is 13.2. The smallest absolute Gasteiger partial charge is 0.267 e. The first-order valence-corrected chi connectivity index (χ1v) is 11.1. The molecule has 146 valence electrons. The molecule has 1 N–H and O–H groups in total. The van der Waals surface area contributed by atoms with E-state index >= 15 is 0 Å². The molecule has 0 fully saturated rings. The third-order valence-electron chi connectivity index (χ3n) is 4.43. The van der Waals surface area contributed by atoms with Gasteiger partial charge in [0.15, 0.2) is 0 Å². The Balaban J connectivity index is 1.88. The summed E-state index contributed by atoms with van der Waals surface area (Å²) in [6.07, 6.45) is 0. The number of carbonyl (C=O) groups excluding carboxylic acids is 1. The van der Waals surface area contributed by atoms with Gasteiger partial charge in [0.25, 0.3) is 15.9 Å². The Morgan fingerprint density at radius 2 is 1.71 bits per heavy atom. The summed E-state index contributed by atoms with van der Waals surface area (Å²) in [5, 5.41) is 4.98. The predicted molar refractivity (Wildman–Crippen MR) is 115 cm³/mol. The van der Waals surface area contributed by atoms with Gasteiger partial charge in [-0.25, -0.2) is 8.42 Å².